The number of hydrogen-bond acceptors (Lipinski definition) is 5. The summed E-state index contributed by atoms with van der Waals surface area (Å²) in [4.78, 5) is 24.3. The number of halogens is 4. The molecule has 0 radical (unpaired) electrons. The fourth-order valence-corrected chi connectivity index (χ4v) is 2.03. The van der Waals surface area contributed by atoms with Crippen molar-refractivity contribution in [3.8, 4) is 0 Å². The molecule has 26 heavy (non-hydrogen) atoms. The zero-order valence-electron chi connectivity index (χ0n) is 13.4. The first-order valence-corrected chi connectivity index (χ1v) is 7.34. The van der Waals surface area contributed by atoms with Gasteiger partial charge in [0.2, 0.25) is 0 Å². The van der Waals surface area contributed by atoms with Crippen LogP contribution < -0.4 is 10.6 Å². The number of esters is 1. The maximum Gasteiger partial charge on any atom is 0.441 e. The molecule has 2 rings (SSSR count). The van der Waals surface area contributed by atoms with E-state index in [9.17, 15) is 27.2 Å². The van der Waals surface area contributed by atoms with Gasteiger partial charge >= 0.3 is 17.8 Å². The lowest BCUT2D eigenvalue weighted by Crippen LogP contribution is -2.69. The zero-order valence-corrected chi connectivity index (χ0v) is 13.4. The molecule has 0 saturated carbocycles. The van der Waals surface area contributed by atoms with Crippen LogP contribution in [-0.2, 0) is 9.53 Å². The molecule has 2 aromatic rings. The van der Waals surface area contributed by atoms with Crippen molar-refractivity contribution >= 4 is 17.6 Å². The van der Waals surface area contributed by atoms with Gasteiger partial charge in [0.15, 0.2) is 5.76 Å². The van der Waals surface area contributed by atoms with Crippen molar-refractivity contribution in [2.24, 2.45) is 0 Å². The van der Waals surface area contributed by atoms with E-state index in [1.54, 1.807) is 5.32 Å². The number of nitrogens with one attached hydrogen (secondary N) is 2. The number of carbonyl (C=O) groups excluding carboxylic acids is 2. The first-order valence-electron chi connectivity index (χ1n) is 7.34. The molecule has 10 heteroatoms. The molecule has 1 aromatic heterocycles. The van der Waals surface area contributed by atoms with Gasteiger partial charge in [-0.25, -0.2) is 9.18 Å². The third-order valence-electron chi connectivity index (χ3n) is 3.25. The maximum atomic E-state index is 13.9. The van der Waals surface area contributed by atoms with E-state index < -0.39 is 47.6 Å². The molecule has 1 aromatic carbocycles. The van der Waals surface area contributed by atoms with Crippen molar-refractivity contribution in [2.45, 2.75) is 18.8 Å². The number of hydrogen-bond donors (Lipinski definition) is 2. The van der Waals surface area contributed by atoms with Crippen molar-refractivity contribution in [2.75, 3.05) is 11.9 Å². The van der Waals surface area contributed by atoms with Crippen LogP contribution in [0.2, 0.25) is 0 Å². The summed E-state index contributed by atoms with van der Waals surface area (Å²) < 4.78 is 64.6. The van der Waals surface area contributed by atoms with Gasteiger partial charge in [0.05, 0.1) is 18.6 Å². The van der Waals surface area contributed by atoms with E-state index in [0.29, 0.717) is 0 Å². The van der Waals surface area contributed by atoms with Crippen molar-refractivity contribution in [1.29, 1.82) is 0 Å². The summed E-state index contributed by atoms with van der Waals surface area (Å²) in [6, 6.07) is 6.76. The number of alkyl halides is 3. The van der Waals surface area contributed by atoms with Crippen molar-refractivity contribution in [3.05, 3.63) is 54.2 Å². The molecule has 0 bridgehead atoms. The smallest absolute Gasteiger partial charge is 0.441 e. The highest BCUT2D eigenvalue weighted by molar-refractivity contribution is 5.97. The summed E-state index contributed by atoms with van der Waals surface area (Å²) >= 11 is 0. The van der Waals surface area contributed by atoms with Gasteiger partial charge in [-0.2, -0.15) is 13.2 Å². The van der Waals surface area contributed by atoms with Crippen LogP contribution in [0.1, 0.15) is 17.5 Å². The molecule has 0 aliphatic carbocycles. The lowest BCUT2D eigenvalue weighted by molar-refractivity contribution is -0.204. The van der Waals surface area contributed by atoms with Crippen molar-refractivity contribution in [1.82, 2.24) is 5.32 Å². The van der Waals surface area contributed by atoms with Crippen LogP contribution in [0.4, 0.5) is 23.2 Å². The number of anilines is 1. The van der Waals surface area contributed by atoms with Gasteiger partial charge in [0.25, 0.3) is 5.91 Å². The number of para-hydroxylation sites is 1. The van der Waals surface area contributed by atoms with E-state index in [4.69, 9.17) is 4.42 Å². The Kier molecular flexibility index (Phi) is 5.53. The van der Waals surface area contributed by atoms with E-state index in [1.165, 1.54) is 30.4 Å². The van der Waals surface area contributed by atoms with E-state index in [1.807, 2.05) is 0 Å². The van der Waals surface area contributed by atoms with Crippen LogP contribution in [0.15, 0.2) is 47.1 Å². The van der Waals surface area contributed by atoms with Crippen LogP contribution >= 0.6 is 0 Å². The molecule has 0 aliphatic heterocycles. The third kappa shape index (κ3) is 3.79. The SMILES string of the molecule is CCOC(=O)[C@](NC(=O)c1ccco1)(Nc1ccccc1F)C(F)(F)F. The van der Waals surface area contributed by atoms with Crippen LogP contribution in [0.3, 0.4) is 0 Å². The molecule has 1 atom stereocenters. The molecule has 1 amide bonds. The molecule has 0 spiro atoms. The normalized spacial score (nSPS) is 13.6. The number of ether oxygens (including phenoxy) is 1. The number of carbonyl (C=O) groups is 2. The highest BCUT2D eigenvalue weighted by Gasteiger charge is 2.64. The monoisotopic (exact) mass is 374 g/mol. The van der Waals surface area contributed by atoms with Gasteiger partial charge < -0.3 is 19.8 Å². The molecule has 0 fully saturated rings. The van der Waals surface area contributed by atoms with E-state index in [2.05, 4.69) is 4.74 Å². The lowest BCUT2D eigenvalue weighted by Gasteiger charge is -2.35. The number of benzene rings is 1. The molecular formula is C16H14F4N2O4. The van der Waals surface area contributed by atoms with E-state index in [0.717, 1.165) is 24.5 Å². The Balaban J connectivity index is 2.51. The average molecular weight is 374 g/mol. The Morgan fingerprint density at radius 1 is 1.15 bits per heavy atom. The van der Waals surface area contributed by atoms with Gasteiger partial charge in [-0.05, 0) is 31.2 Å². The summed E-state index contributed by atoms with van der Waals surface area (Å²) in [7, 11) is 0. The highest BCUT2D eigenvalue weighted by atomic mass is 19.4. The largest absolute Gasteiger partial charge is 0.463 e. The molecule has 0 saturated heterocycles. The Morgan fingerprint density at radius 3 is 2.38 bits per heavy atom. The van der Waals surface area contributed by atoms with Gasteiger partial charge in [0, 0.05) is 0 Å². The number of furan rings is 1. The summed E-state index contributed by atoms with van der Waals surface area (Å²) in [5.74, 6) is -4.73. The topological polar surface area (TPSA) is 80.6 Å². The predicted octanol–water partition coefficient (Wildman–Crippen LogP) is 3.08. The first-order chi connectivity index (χ1) is 12.2. The Hall–Kier alpha value is -3.04. The predicted molar refractivity (Wildman–Crippen MR) is 81.6 cm³/mol. The molecule has 6 nitrogen and oxygen atoms in total. The Labute approximate surface area is 145 Å². The quantitative estimate of drug-likeness (QED) is 0.461. The zero-order chi connectivity index (χ0) is 19.4. The summed E-state index contributed by atoms with van der Waals surface area (Å²) in [5, 5.41) is 3.25. The second kappa shape index (κ2) is 7.46. The minimum atomic E-state index is -5.37. The minimum Gasteiger partial charge on any atom is -0.463 e. The fourth-order valence-electron chi connectivity index (χ4n) is 2.03. The fraction of sp³-hybridized carbons (Fsp3) is 0.250. The molecule has 0 unspecified atom stereocenters. The van der Waals surface area contributed by atoms with Crippen LogP contribution in [0.5, 0.6) is 0 Å². The van der Waals surface area contributed by atoms with E-state index >= 15 is 0 Å². The second-order valence-corrected chi connectivity index (χ2v) is 5.00. The van der Waals surface area contributed by atoms with Crippen LogP contribution in [0, 0.1) is 5.82 Å². The molecule has 2 N–H and O–H groups in total. The molecule has 0 aliphatic rings. The Bertz CT molecular complexity index is 777. The standard InChI is InChI=1S/C16H14F4N2O4/c1-2-25-14(24)15(16(18,19)20,21-11-7-4-3-6-10(11)17)22-13(23)12-8-5-9-26-12/h3-9,21H,2H2,1H3,(H,22,23)/t15-/m1/s1. The molecule has 1 heterocycles. The number of amides is 1. The summed E-state index contributed by atoms with van der Waals surface area (Å²) in [6.45, 7) is 0.892. The minimum absolute atomic E-state index is 0.397. The number of rotatable bonds is 6. The van der Waals surface area contributed by atoms with Gasteiger partial charge in [-0.1, -0.05) is 12.1 Å². The van der Waals surface area contributed by atoms with Crippen molar-refractivity contribution < 1.29 is 36.3 Å². The van der Waals surface area contributed by atoms with E-state index in [-0.39, 0.29) is 0 Å². The van der Waals surface area contributed by atoms with Gasteiger partial charge in [-0.3, -0.25) is 4.79 Å². The second-order valence-electron chi connectivity index (χ2n) is 5.00. The maximum absolute atomic E-state index is 13.9. The Morgan fingerprint density at radius 2 is 1.85 bits per heavy atom. The molecule has 140 valence electrons. The average Bonchev–Trinajstić information content (AvgIpc) is 3.09. The summed E-state index contributed by atoms with van der Waals surface area (Å²) in [5.41, 5.74) is -4.38. The van der Waals surface area contributed by atoms with Crippen LogP contribution in [-0.4, -0.2) is 30.3 Å². The third-order valence-corrected chi connectivity index (χ3v) is 3.25. The van der Waals surface area contributed by atoms with Gasteiger partial charge in [0.1, 0.15) is 5.82 Å². The lowest BCUT2D eigenvalue weighted by atomic mass is 10.1. The highest BCUT2D eigenvalue weighted by Crippen LogP contribution is 2.34. The van der Waals surface area contributed by atoms with Gasteiger partial charge in [-0.15, -0.1) is 0 Å². The first kappa shape index (κ1) is 19.3. The summed E-state index contributed by atoms with van der Waals surface area (Å²) in [6.07, 6.45) is -4.30. The van der Waals surface area contributed by atoms with Crippen LogP contribution in [0.25, 0.3) is 0 Å². The van der Waals surface area contributed by atoms with Crippen molar-refractivity contribution in [3.63, 3.8) is 0 Å². The molecular weight excluding hydrogens is 360 g/mol.